The van der Waals surface area contributed by atoms with Crippen molar-refractivity contribution >= 4 is 17.7 Å². The largest absolute Gasteiger partial charge is 0.478 e. The van der Waals surface area contributed by atoms with Crippen LogP contribution < -0.4 is 0 Å². The Morgan fingerprint density at radius 3 is 2.88 bits per heavy atom. The summed E-state index contributed by atoms with van der Waals surface area (Å²) in [7, 11) is 0. The lowest BCUT2D eigenvalue weighted by atomic mass is 10.2. The Balaban J connectivity index is 2.42. The first-order valence-electron chi connectivity index (χ1n) is 5.17. The third-order valence-corrected chi connectivity index (χ3v) is 2.84. The number of carbonyl (C=O) groups is 1. The van der Waals surface area contributed by atoms with Crippen molar-refractivity contribution in [2.75, 3.05) is 12.4 Å². The van der Waals surface area contributed by atoms with Crippen molar-refractivity contribution in [3.8, 4) is 0 Å². The maximum Gasteiger partial charge on any atom is 0.335 e. The second kappa shape index (κ2) is 6.55. The van der Waals surface area contributed by atoms with Gasteiger partial charge < -0.3 is 9.84 Å². The molecule has 1 aromatic rings. The van der Waals surface area contributed by atoms with Crippen molar-refractivity contribution in [1.82, 2.24) is 0 Å². The van der Waals surface area contributed by atoms with Gasteiger partial charge in [0.1, 0.15) is 0 Å². The van der Waals surface area contributed by atoms with Gasteiger partial charge in [-0.3, -0.25) is 0 Å². The first-order valence-corrected chi connectivity index (χ1v) is 6.16. The van der Waals surface area contributed by atoms with Crippen LogP contribution in [0.3, 0.4) is 0 Å². The Hall–Kier alpha value is -1.00. The summed E-state index contributed by atoms with van der Waals surface area (Å²) in [5.74, 6) is -0.0535. The van der Waals surface area contributed by atoms with Crippen molar-refractivity contribution in [3.63, 3.8) is 0 Å². The van der Waals surface area contributed by atoms with Crippen LogP contribution >= 0.6 is 11.8 Å². The molecular formula is C12H16O3S. The number of hydrogen-bond acceptors (Lipinski definition) is 3. The topological polar surface area (TPSA) is 46.5 Å². The molecule has 88 valence electrons. The minimum Gasteiger partial charge on any atom is -0.478 e. The average molecular weight is 240 g/mol. The monoisotopic (exact) mass is 240 g/mol. The van der Waals surface area contributed by atoms with Crippen LogP contribution in [0.5, 0.6) is 0 Å². The number of ether oxygens (including phenoxy) is 1. The number of carboxylic acid groups (broad SMARTS) is 1. The quantitative estimate of drug-likeness (QED) is 0.613. The van der Waals surface area contributed by atoms with Gasteiger partial charge in [-0.15, -0.1) is 11.8 Å². The Bertz CT molecular complexity index is 350. The molecule has 16 heavy (non-hydrogen) atoms. The Kier molecular flexibility index (Phi) is 5.35. The lowest BCUT2D eigenvalue weighted by Gasteiger charge is -2.07. The molecule has 3 nitrogen and oxygen atoms in total. The smallest absolute Gasteiger partial charge is 0.335 e. The minimum absolute atomic E-state index is 0.242. The SMILES string of the molecule is CC(C)OCCSc1cccc(C(=O)O)c1. The molecule has 4 heteroatoms. The van der Waals surface area contributed by atoms with Crippen LogP contribution in [0.25, 0.3) is 0 Å². The summed E-state index contributed by atoms with van der Waals surface area (Å²) in [5.41, 5.74) is 0.328. The normalized spacial score (nSPS) is 10.7. The van der Waals surface area contributed by atoms with Gasteiger partial charge in [-0.2, -0.15) is 0 Å². The summed E-state index contributed by atoms with van der Waals surface area (Å²) in [6.07, 6.45) is 0.242. The number of benzene rings is 1. The van der Waals surface area contributed by atoms with E-state index in [4.69, 9.17) is 9.84 Å². The molecule has 0 amide bonds. The molecule has 0 unspecified atom stereocenters. The van der Waals surface area contributed by atoms with Gasteiger partial charge in [-0.25, -0.2) is 4.79 Å². The molecule has 0 spiro atoms. The zero-order valence-electron chi connectivity index (χ0n) is 9.47. The molecular weight excluding hydrogens is 224 g/mol. The highest BCUT2D eigenvalue weighted by Gasteiger charge is 2.03. The van der Waals surface area contributed by atoms with Crippen LogP contribution in [0.1, 0.15) is 24.2 Å². The van der Waals surface area contributed by atoms with Gasteiger partial charge in [-0.1, -0.05) is 6.07 Å². The first kappa shape index (κ1) is 13.1. The van der Waals surface area contributed by atoms with Crippen molar-refractivity contribution in [1.29, 1.82) is 0 Å². The second-order valence-corrected chi connectivity index (χ2v) is 4.77. The molecule has 0 aliphatic heterocycles. The maximum atomic E-state index is 10.7. The minimum atomic E-state index is -0.888. The summed E-state index contributed by atoms with van der Waals surface area (Å²) in [5, 5.41) is 8.82. The van der Waals surface area contributed by atoms with E-state index in [1.165, 1.54) is 0 Å². The molecule has 0 fully saturated rings. The highest BCUT2D eigenvalue weighted by Crippen LogP contribution is 2.19. The molecule has 1 N–H and O–H groups in total. The zero-order chi connectivity index (χ0) is 12.0. The lowest BCUT2D eigenvalue weighted by molar-refractivity contribution is 0.0696. The van der Waals surface area contributed by atoms with Gasteiger partial charge in [0.05, 0.1) is 18.3 Å². The van der Waals surface area contributed by atoms with Crippen molar-refractivity contribution < 1.29 is 14.6 Å². The van der Waals surface area contributed by atoms with Crippen molar-refractivity contribution in [2.24, 2.45) is 0 Å². The Morgan fingerprint density at radius 2 is 2.25 bits per heavy atom. The van der Waals surface area contributed by atoms with E-state index in [1.54, 1.807) is 30.0 Å². The maximum absolute atomic E-state index is 10.7. The van der Waals surface area contributed by atoms with E-state index in [0.717, 1.165) is 10.6 Å². The summed E-state index contributed by atoms with van der Waals surface area (Å²) in [4.78, 5) is 11.7. The van der Waals surface area contributed by atoms with Crippen LogP contribution in [-0.4, -0.2) is 29.5 Å². The molecule has 0 atom stereocenters. The number of hydrogen-bond donors (Lipinski definition) is 1. The fourth-order valence-corrected chi connectivity index (χ4v) is 1.96. The van der Waals surface area contributed by atoms with Crippen LogP contribution in [0.15, 0.2) is 29.2 Å². The van der Waals surface area contributed by atoms with Crippen molar-refractivity contribution in [3.05, 3.63) is 29.8 Å². The summed E-state index contributed by atoms with van der Waals surface area (Å²) in [6.45, 7) is 4.67. The number of rotatable bonds is 6. The standard InChI is InChI=1S/C12H16O3S/c1-9(2)15-6-7-16-11-5-3-4-10(8-11)12(13)14/h3-5,8-9H,6-7H2,1-2H3,(H,13,14). The highest BCUT2D eigenvalue weighted by molar-refractivity contribution is 7.99. The highest BCUT2D eigenvalue weighted by atomic mass is 32.2. The first-order chi connectivity index (χ1) is 7.59. The van der Waals surface area contributed by atoms with Gasteiger partial charge in [0, 0.05) is 10.6 Å². The van der Waals surface area contributed by atoms with Gasteiger partial charge in [-0.05, 0) is 32.0 Å². The van der Waals surface area contributed by atoms with Gasteiger partial charge >= 0.3 is 5.97 Å². The third-order valence-electron chi connectivity index (χ3n) is 1.88. The van der Waals surface area contributed by atoms with E-state index in [9.17, 15) is 4.79 Å². The Morgan fingerprint density at radius 1 is 1.50 bits per heavy atom. The molecule has 0 radical (unpaired) electrons. The molecule has 0 aliphatic carbocycles. The van der Waals surface area contributed by atoms with E-state index in [0.29, 0.717) is 12.2 Å². The number of thioether (sulfide) groups is 1. The molecule has 0 bridgehead atoms. The number of aromatic carboxylic acids is 1. The lowest BCUT2D eigenvalue weighted by Crippen LogP contribution is -2.05. The summed E-state index contributed by atoms with van der Waals surface area (Å²) < 4.78 is 5.40. The molecule has 0 heterocycles. The second-order valence-electron chi connectivity index (χ2n) is 3.60. The molecule has 0 saturated heterocycles. The number of carboxylic acids is 1. The van der Waals surface area contributed by atoms with E-state index in [-0.39, 0.29) is 6.10 Å². The van der Waals surface area contributed by atoms with Crippen LogP contribution in [-0.2, 0) is 4.74 Å². The van der Waals surface area contributed by atoms with Gasteiger partial charge in [0.15, 0.2) is 0 Å². The third kappa shape index (κ3) is 4.68. The van der Waals surface area contributed by atoms with Gasteiger partial charge in [0.25, 0.3) is 0 Å². The van der Waals surface area contributed by atoms with E-state index in [1.807, 2.05) is 19.9 Å². The fraction of sp³-hybridized carbons (Fsp3) is 0.417. The van der Waals surface area contributed by atoms with Gasteiger partial charge in [0.2, 0.25) is 0 Å². The zero-order valence-corrected chi connectivity index (χ0v) is 10.3. The molecule has 0 aliphatic rings. The van der Waals surface area contributed by atoms with E-state index in [2.05, 4.69) is 0 Å². The molecule has 0 saturated carbocycles. The summed E-state index contributed by atoms with van der Waals surface area (Å²) >= 11 is 1.61. The predicted octanol–water partition coefficient (Wildman–Crippen LogP) is 2.90. The molecule has 0 aromatic heterocycles. The van der Waals surface area contributed by atoms with Crippen LogP contribution in [0.2, 0.25) is 0 Å². The Labute approximate surface area is 99.8 Å². The predicted molar refractivity (Wildman–Crippen MR) is 65.2 cm³/mol. The average Bonchev–Trinajstić information content (AvgIpc) is 2.24. The van der Waals surface area contributed by atoms with Crippen molar-refractivity contribution in [2.45, 2.75) is 24.8 Å². The molecule has 1 rings (SSSR count). The summed E-state index contributed by atoms with van der Waals surface area (Å²) in [6, 6.07) is 6.95. The van der Waals surface area contributed by atoms with Crippen LogP contribution in [0.4, 0.5) is 0 Å². The van der Waals surface area contributed by atoms with E-state index < -0.39 is 5.97 Å². The van der Waals surface area contributed by atoms with E-state index >= 15 is 0 Å². The fourth-order valence-electron chi connectivity index (χ4n) is 1.16. The molecule has 1 aromatic carbocycles. The van der Waals surface area contributed by atoms with Crippen LogP contribution in [0, 0.1) is 0 Å².